The highest BCUT2D eigenvalue weighted by Gasteiger charge is 2.35. The van der Waals surface area contributed by atoms with Gasteiger partial charge in [-0.2, -0.15) is 0 Å². The quantitative estimate of drug-likeness (QED) is 0.647. The van der Waals surface area contributed by atoms with Crippen molar-refractivity contribution in [2.45, 2.75) is 83.7 Å². The van der Waals surface area contributed by atoms with Crippen LogP contribution in [0.25, 0.3) is 0 Å². The summed E-state index contributed by atoms with van der Waals surface area (Å²) in [6.07, 6.45) is 10.1. The summed E-state index contributed by atoms with van der Waals surface area (Å²) in [5.41, 5.74) is 1.16. The average molecular weight is 385 g/mol. The van der Waals surface area contributed by atoms with Gasteiger partial charge in [0, 0.05) is 38.5 Å². The molecule has 0 bridgehead atoms. The minimum atomic E-state index is 0.174. The lowest BCUT2D eigenvalue weighted by atomic mass is 9.78. The molecule has 1 saturated heterocycles. The molecule has 3 rings (SSSR count). The van der Waals surface area contributed by atoms with Crippen LogP contribution in [0.5, 0.6) is 0 Å². The highest BCUT2D eigenvalue weighted by Crippen LogP contribution is 2.35. The van der Waals surface area contributed by atoms with Crippen molar-refractivity contribution in [3.8, 4) is 0 Å². The van der Waals surface area contributed by atoms with Gasteiger partial charge in [0.15, 0.2) is 0 Å². The summed E-state index contributed by atoms with van der Waals surface area (Å²) in [5.74, 6) is 1.17. The fraction of sp³-hybridized carbons (Fsp3) is 0.667. The molecule has 28 heavy (non-hydrogen) atoms. The molecule has 0 aromatic heterocycles. The predicted octanol–water partition coefficient (Wildman–Crippen LogP) is 4.78. The van der Waals surface area contributed by atoms with Gasteiger partial charge in [0.2, 0.25) is 11.8 Å². The van der Waals surface area contributed by atoms with Gasteiger partial charge in [0.25, 0.3) is 0 Å². The first-order chi connectivity index (χ1) is 13.7. The molecule has 1 aliphatic carbocycles. The standard InChI is InChI=1S/C24H36N2O2/c1-2-17-25(19-20-10-4-3-5-11-20)23(27)15-8-16-24(28)26-18-9-13-21-12-6-7-14-22(21)26/h3-5,10-11,21-22H,2,6-9,12-19H2,1H3. The zero-order valence-corrected chi connectivity index (χ0v) is 17.4. The molecule has 0 spiro atoms. The lowest BCUT2D eigenvalue weighted by Gasteiger charge is -2.44. The van der Waals surface area contributed by atoms with E-state index < -0.39 is 0 Å². The Morgan fingerprint density at radius 1 is 1.04 bits per heavy atom. The van der Waals surface area contributed by atoms with E-state index in [1.165, 1.54) is 32.1 Å². The van der Waals surface area contributed by atoms with Crippen LogP contribution in [0.4, 0.5) is 0 Å². The predicted molar refractivity (Wildman–Crippen MR) is 113 cm³/mol. The first-order valence-electron chi connectivity index (χ1n) is 11.3. The zero-order chi connectivity index (χ0) is 19.8. The topological polar surface area (TPSA) is 40.6 Å². The van der Waals surface area contributed by atoms with Gasteiger partial charge in [-0.1, -0.05) is 50.1 Å². The third-order valence-electron chi connectivity index (χ3n) is 6.41. The van der Waals surface area contributed by atoms with Crippen molar-refractivity contribution >= 4 is 11.8 Å². The fourth-order valence-corrected chi connectivity index (χ4v) is 4.99. The van der Waals surface area contributed by atoms with E-state index in [2.05, 4.69) is 24.0 Å². The minimum Gasteiger partial charge on any atom is -0.339 e. The molecule has 1 heterocycles. The van der Waals surface area contributed by atoms with Crippen molar-refractivity contribution in [3.63, 3.8) is 0 Å². The highest BCUT2D eigenvalue weighted by atomic mass is 16.2. The number of fused-ring (bicyclic) bond motifs is 1. The summed E-state index contributed by atoms with van der Waals surface area (Å²) in [5, 5.41) is 0. The van der Waals surface area contributed by atoms with Crippen LogP contribution in [0.1, 0.15) is 76.7 Å². The van der Waals surface area contributed by atoms with Crippen molar-refractivity contribution in [3.05, 3.63) is 35.9 Å². The Morgan fingerprint density at radius 2 is 1.79 bits per heavy atom. The summed E-state index contributed by atoms with van der Waals surface area (Å²) in [6.45, 7) is 4.46. The maximum absolute atomic E-state index is 12.8. The smallest absolute Gasteiger partial charge is 0.222 e. The Balaban J connectivity index is 1.47. The van der Waals surface area contributed by atoms with E-state index in [4.69, 9.17) is 0 Å². The molecule has 1 aromatic carbocycles. The molecule has 4 heteroatoms. The molecule has 0 radical (unpaired) electrons. The molecule has 2 amide bonds. The molecular weight excluding hydrogens is 348 g/mol. The van der Waals surface area contributed by atoms with E-state index >= 15 is 0 Å². The van der Waals surface area contributed by atoms with Gasteiger partial charge in [0.05, 0.1) is 0 Å². The molecule has 2 unspecified atom stereocenters. The second-order valence-electron chi connectivity index (χ2n) is 8.50. The highest BCUT2D eigenvalue weighted by molar-refractivity contribution is 5.79. The summed E-state index contributed by atoms with van der Waals surface area (Å²) in [6, 6.07) is 10.6. The van der Waals surface area contributed by atoms with Crippen LogP contribution >= 0.6 is 0 Å². The van der Waals surface area contributed by atoms with E-state index in [1.807, 2.05) is 23.1 Å². The van der Waals surface area contributed by atoms with Gasteiger partial charge in [-0.15, -0.1) is 0 Å². The second-order valence-corrected chi connectivity index (χ2v) is 8.50. The van der Waals surface area contributed by atoms with Crippen molar-refractivity contribution in [1.82, 2.24) is 9.80 Å². The minimum absolute atomic E-state index is 0.174. The number of piperidine rings is 1. The van der Waals surface area contributed by atoms with Crippen LogP contribution in [0.3, 0.4) is 0 Å². The van der Waals surface area contributed by atoms with E-state index in [0.717, 1.165) is 37.4 Å². The second kappa shape index (κ2) is 10.6. The molecule has 1 saturated carbocycles. The third kappa shape index (κ3) is 5.59. The number of carbonyl (C=O) groups is 2. The van der Waals surface area contributed by atoms with Crippen LogP contribution in [0.2, 0.25) is 0 Å². The number of hydrogen-bond donors (Lipinski definition) is 0. The Hall–Kier alpha value is -1.84. The van der Waals surface area contributed by atoms with Gasteiger partial charge < -0.3 is 9.80 Å². The van der Waals surface area contributed by atoms with Crippen molar-refractivity contribution in [2.75, 3.05) is 13.1 Å². The fourth-order valence-electron chi connectivity index (χ4n) is 4.99. The number of amides is 2. The van der Waals surface area contributed by atoms with E-state index in [0.29, 0.717) is 31.8 Å². The maximum Gasteiger partial charge on any atom is 0.222 e. The Kier molecular flexibility index (Phi) is 7.93. The first-order valence-corrected chi connectivity index (χ1v) is 11.3. The third-order valence-corrected chi connectivity index (χ3v) is 6.41. The number of likely N-dealkylation sites (tertiary alicyclic amines) is 1. The summed E-state index contributed by atoms with van der Waals surface area (Å²) < 4.78 is 0. The largest absolute Gasteiger partial charge is 0.339 e. The Bertz CT molecular complexity index is 629. The number of rotatable bonds is 8. The van der Waals surface area contributed by atoms with Crippen molar-refractivity contribution in [2.24, 2.45) is 5.92 Å². The van der Waals surface area contributed by atoms with E-state index in [9.17, 15) is 9.59 Å². The zero-order valence-electron chi connectivity index (χ0n) is 17.4. The average Bonchev–Trinajstić information content (AvgIpc) is 2.73. The van der Waals surface area contributed by atoms with Gasteiger partial charge in [-0.05, 0) is 50.0 Å². The molecule has 154 valence electrons. The monoisotopic (exact) mass is 384 g/mol. The summed E-state index contributed by atoms with van der Waals surface area (Å²) in [7, 11) is 0. The van der Waals surface area contributed by atoms with Crippen molar-refractivity contribution in [1.29, 1.82) is 0 Å². The van der Waals surface area contributed by atoms with E-state index in [-0.39, 0.29) is 11.8 Å². The Labute approximate surface area is 170 Å². The van der Waals surface area contributed by atoms with Gasteiger partial charge in [-0.3, -0.25) is 9.59 Å². The van der Waals surface area contributed by atoms with Crippen molar-refractivity contribution < 1.29 is 9.59 Å². The molecular formula is C24H36N2O2. The normalized spacial score (nSPS) is 21.8. The molecule has 2 atom stereocenters. The van der Waals surface area contributed by atoms with Crippen LogP contribution in [0, 0.1) is 5.92 Å². The molecule has 2 fully saturated rings. The first kappa shape index (κ1) is 20.9. The SMILES string of the molecule is CCCN(Cc1ccccc1)C(=O)CCCC(=O)N1CCCC2CCCCC21. The molecule has 1 aromatic rings. The van der Waals surface area contributed by atoms with Crippen LogP contribution < -0.4 is 0 Å². The van der Waals surface area contributed by atoms with Crippen LogP contribution in [-0.2, 0) is 16.1 Å². The number of benzene rings is 1. The molecule has 2 aliphatic rings. The van der Waals surface area contributed by atoms with Gasteiger partial charge in [-0.25, -0.2) is 0 Å². The Morgan fingerprint density at radius 3 is 2.57 bits per heavy atom. The lowest BCUT2D eigenvalue weighted by molar-refractivity contribution is -0.138. The lowest BCUT2D eigenvalue weighted by Crippen LogP contribution is -2.49. The summed E-state index contributed by atoms with van der Waals surface area (Å²) >= 11 is 0. The number of nitrogens with zero attached hydrogens (tertiary/aromatic N) is 2. The molecule has 1 aliphatic heterocycles. The van der Waals surface area contributed by atoms with Crippen LogP contribution in [0.15, 0.2) is 30.3 Å². The molecule has 0 N–H and O–H groups in total. The maximum atomic E-state index is 12.8. The van der Waals surface area contributed by atoms with E-state index in [1.54, 1.807) is 0 Å². The van der Waals surface area contributed by atoms with Crippen LogP contribution in [-0.4, -0.2) is 40.7 Å². The van der Waals surface area contributed by atoms with Gasteiger partial charge in [0.1, 0.15) is 0 Å². The number of hydrogen-bond acceptors (Lipinski definition) is 2. The number of carbonyl (C=O) groups excluding carboxylic acids is 2. The van der Waals surface area contributed by atoms with Gasteiger partial charge >= 0.3 is 0 Å². The molecule has 4 nitrogen and oxygen atoms in total. The summed E-state index contributed by atoms with van der Waals surface area (Å²) in [4.78, 5) is 29.6.